The molecule has 3 rings (SSSR count). The number of nitrogens with zero attached hydrogens (tertiary/aromatic N) is 3. The number of H-pyrrole nitrogens is 1. The Morgan fingerprint density at radius 3 is 2.81 bits per heavy atom. The van der Waals surface area contributed by atoms with Crippen LogP contribution in [-0.4, -0.2) is 54.1 Å². The number of aryl methyl sites for hydroxylation is 1. The number of piperazine rings is 1. The van der Waals surface area contributed by atoms with Crippen molar-refractivity contribution in [2.45, 2.75) is 26.2 Å². The van der Waals surface area contributed by atoms with Crippen molar-refractivity contribution in [3.8, 4) is 0 Å². The van der Waals surface area contributed by atoms with Gasteiger partial charge in [0.05, 0.1) is 5.69 Å². The molecule has 6 heteroatoms. The number of fused-ring (bicyclic) bond motifs is 1. The first-order valence-electron chi connectivity index (χ1n) is 7.97. The van der Waals surface area contributed by atoms with Gasteiger partial charge in [0.15, 0.2) is 0 Å². The van der Waals surface area contributed by atoms with Gasteiger partial charge in [-0.05, 0) is 25.2 Å². The van der Waals surface area contributed by atoms with Crippen LogP contribution in [0.4, 0.5) is 5.95 Å². The van der Waals surface area contributed by atoms with Gasteiger partial charge in [-0.15, -0.1) is 0 Å². The SMILES string of the molecule is CC1CCc2nc(N3CCN(CCN)CC3)[nH]c(=O)c2C1. The number of rotatable bonds is 3. The minimum atomic E-state index is 0.0611. The maximum absolute atomic E-state index is 12.3. The fraction of sp³-hybridized carbons (Fsp3) is 0.733. The summed E-state index contributed by atoms with van der Waals surface area (Å²) < 4.78 is 0. The van der Waals surface area contributed by atoms with Crippen LogP contribution in [0.15, 0.2) is 4.79 Å². The molecule has 1 aromatic heterocycles. The molecule has 21 heavy (non-hydrogen) atoms. The average molecular weight is 291 g/mol. The van der Waals surface area contributed by atoms with Crippen LogP contribution >= 0.6 is 0 Å². The van der Waals surface area contributed by atoms with Gasteiger partial charge in [0.25, 0.3) is 5.56 Å². The number of hydrogen-bond acceptors (Lipinski definition) is 5. The Kier molecular flexibility index (Phi) is 4.26. The van der Waals surface area contributed by atoms with Crippen LogP contribution in [0.25, 0.3) is 0 Å². The van der Waals surface area contributed by atoms with Gasteiger partial charge in [0, 0.05) is 44.8 Å². The Morgan fingerprint density at radius 1 is 1.33 bits per heavy atom. The molecule has 1 aliphatic heterocycles. The summed E-state index contributed by atoms with van der Waals surface area (Å²) in [5.41, 5.74) is 7.57. The summed E-state index contributed by atoms with van der Waals surface area (Å²) in [6, 6.07) is 0. The summed E-state index contributed by atoms with van der Waals surface area (Å²) in [7, 11) is 0. The smallest absolute Gasteiger partial charge is 0.255 e. The number of aromatic amines is 1. The first-order valence-corrected chi connectivity index (χ1v) is 7.97. The predicted octanol–water partition coefficient (Wildman–Crippen LogP) is -0.0246. The van der Waals surface area contributed by atoms with Gasteiger partial charge in [-0.25, -0.2) is 4.98 Å². The average Bonchev–Trinajstić information content (AvgIpc) is 2.49. The molecule has 0 amide bonds. The first-order chi connectivity index (χ1) is 10.2. The van der Waals surface area contributed by atoms with Crippen molar-refractivity contribution in [3.63, 3.8) is 0 Å². The van der Waals surface area contributed by atoms with Crippen molar-refractivity contribution < 1.29 is 0 Å². The second-order valence-corrected chi connectivity index (χ2v) is 6.28. The molecular weight excluding hydrogens is 266 g/mol. The zero-order chi connectivity index (χ0) is 14.8. The third-order valence-corrected chi connectivity index (χ3v) is 4.63. The molecule has 6 nitrogen and oxygen atoms in total. The lowest BCUT2D eigenvalue weighted by Crippen LogP contribution is -2.48. The zero-order valence-corrected chi connectivity index (χ0v) is 12.8. The highest BCUT2D eigenvalue weighted by Crippen LogP contribution is 2.22. The number of anilines is 1. The van der Waals surface area contributed by atoms with Gasteiger partial charge in [-0.2, -0.15) is 0 Å². The van der Waals surface area contributed by atoms with E-state index in [4.69, 9.17) is 10.7 Å². The van der Waals surface area contributed by atoms with E-state index in [-0.39, 0.29) is 5.56 Å². The van der Waals surface area contributed by atoms with Gasteiger partial charge in [0.2, 0.25) is 5.95 Å². The van der Waals surface area contributed by atoms with Gasteiger partial charge >= 0.3 is 0 Å². The van der Waals surface area contributed by atoms with Crippen LogP contribution < -0.4 is 16.2 Å². The molecule has 0 spiro atoms. The number of nitrogens with one attached hydrogen (secondary N) is 1. The Morgan fingerprint density at radius 2 is 2.10 bits per heavy atom. The molecule has 1 aromatic rings. The molecule has 1 unspecified atom stereocenters. The Labute approximate surface area is 125 Å². The Bertz CT molecular complexity index is 547. The van der Waals surface area contributed by atoms with Gasteiger partial charge in [-0.1, -0.05) is 6.92 Å². The summed E-state index contributed by atoms with van der Waals surface area (Å²) in [5.74, 6) is 1.34. The maximum atomic E-state index is 12.3. The van der Waals surface area contributed by atoms with Gasteiger partial charge in [-0.3, -0.25) is 14.7 Å². The van der Waals surface area contributed by atoms with Crippen LogP contribution in [0.3, 0.4) is 0 Å². The molecule has 1 saturated heterocycles. The van der Waals surface area contributed by atoms with E-state index in [0.29, 0.717) is 12.5 Å². The molecule has 0 bridgehead atoms. The van der Waals surface area contributed by atoms with Gasteiger partial charge in [0.1, 0.15) is 0 Å². The van der Waals surface area contributed by atoms with E-state index in [1.165, 1.54) is 0 Å². The lowest BCUT2D eigenvalue weighted by molar-refractivity contribution is 0.263. The molecule has 1 fully saturated rings. The number of hydrogen-bond donors (Lipinski definition) is 2. The molecule has 0 radical (unpaired) electrons. The topological polar surface area (TPSA) is 78.2 Å². The van der Waals surface area contributed by atoms with Crippen LogP contribution in [0.1, 0.15) is 24.6 Å². The first kappa shape index (κ1) is 14.5. The van der Waals surface area contributed by atoms with Crippen molar-refractivity contribution in [2.75, 3.05) is 44.2 Å². The molecule has 3 N–H and O–H groups in total. The van der Waals surface area contributed by atoms with E-state index >= 15 is 0 Å². The van der Waals surface area contributed by atoms with Crippen LogP contribution in [0.2, 0.25) is 0 Å². The normalized spacial score (nSPS) is 23.1. The van der Waals surface area contributed by atoms with Crippen molar-refractivity contribution in [2.24, 2.45) is 11.7 Å². The molecular formula is C15H25N5O. The molecule has 2 aliphatic rings. The second-order valence-electron chi connectivity index (χ2n) is 6.28. The summed E-state index contributed by atoms with van der Waals surface area (Å²) in [4.78, 5) is 24.6. The lowest BCUT2D eigenvalue weighted by Gasteiger charge is -2.35. The van der Waals surface area contributed by atoms with Gasteiger partial charge < -0.3 is 10.6 Å². The van der Waals surface area contributed by atoms with E-state index in [2.05, 4.69) is 21.7 Å². The highest BCUT2D eigenvalue weighted by Gasteiger charge is 2.23. The second kappa shape index (κ2) is 6.15. The van der Waals surface area contributed by atoms with E-state index in [9.17, 15) is 4.79 Å². The molecule has 2 heterocycles. The Hall–Kier alpha value is -1.40. The van der Waals surface area contributed by atoms with Crippen LogP contribution in [-0.2, 0) is 12.8 Å². The zero-order valence-electron chi connectivity index (χ0n) is 12.8. The van der Waals surface area contributed by atoms with Crippen molar-refractivity contribution >= 4 is 5.95 Å². The molecule has 1 atom stereocenters. The van der Waals surface area contributed by atoms with E-state index in [1.807, 2.05) is 0 Å². The van der Waals surface area contributed by atoms with E-state index in [1.54, 1.807) is 0 Å². The van der Waals surface area contributed by atoms with Crippen LogP contribution in [0.5, 0.6) is 0 Å². The summed E-state index contributed by atoms with van der Waals surface area (Å²) in [6.07, 6.45) is 2.93. The van der Waals surface area contributed by atoms with Crippen molar-refractivity contribution in [1.82, 2.24) is 14.9 Å². The highest BCUT2D eigenvalue weighted by atomic mass is 16.1. The van der Waals surface area contributed by atoms with Crippen LogP contribution in [0, 0.1) is 5.92 Å². The third kappa shape index (κ3) is 3.11. The largest absolute Gasteiger partial charge is 0.340 e. The molecule has 116 valence electrons. The predicted molar refractivity (Wildman–Crippen MR) is 83.8 cm³/mol. The fourth-order valence-electron chi connectivity index (χ4n) is 3.30. The van der Waals surface area contributed by atoms with E-state index in [0.717, 1.165) is 69.2 Å². The maximum Gasteiger partial charge on any atom is 0.255 e. The standard InChI is InChI=1S/C15H25N5O/c1-11-2-3-13-12(10-11)14(21)18-15(17-13)20-8-6-19(5-4-16)7-9-20/h11H,2-10,16H2,1H3,(H,17,18,21). The quantitative estimate of drug-likeness (QED) is 0.818. The summed E-state index contributed by atoms with van der Waals surface area (Å²) in [6.45, 7) is 7.61. The minimum absolute atomic E-state index is 0.0611. The number of nitrogens with two attached hydrogens (primary N) is 1. The summed E-state index contributed by atoms with van der Waals surface area (Å²) >= 11 is 0. The van der Waals surface area contributed by atoms with Crippen molar-refractivity contribution in [1.29, 1.82) is 0 Å². The summed E-state index contributed by atoms with van der Waals surface area (Å²) in [5, 5.41) is 0. The van der Waals surface area contributed by atoms with Crippen molar-refractivity contribution in [3.05, 3.63) is 21.6 Å². The molecule has 1 aliphatic carbocycles. The highest BCUT2D eigenvalue weighted by molar-refractivity contribution is 5.35. The third-order valence-electron chi connectivity index (χ3n) is 4.63. The molecule has 0 aromatic carbocycles. The number of aromatic nitrogens is 2. The molecule has 0 saturated carbocycles. The van der Waals surface area contributed by atoms with E-state index < -0.39 is 0 Å². The fourth-order valence-corrected chi connectivity index (χ4v) is 3.30. The monoisotopic (exact) mass is 291 g/mol. The Balaban J connectivity index is 1.75. The lowest BCUT2D eigenvalue weighted by atomic mass is 9.89. The minimum Gasteiger partial charge on any atom is -0.340 e.